The first-order valence-electron chi connectivity index (χ1n) is 2.53. The van der Waals surface area contributed by atoms with Crippen LogP contribution in [-0.2, 0) is 4.74 Å². The van der Waals surface area contributed by atoms with Crippen LogP contribution in [0, 0.1) is 0 Å². The number of esters is 1. The SMILES string of the molecule is COC(=O)c1ncc(Br)[nH]1.Cl. The summed E-state index contributed by atoms with van der Waals surface area (Å²) in [7, 11) is 1.30. The van der Waals surface area contributed by atoms with Crippen LogP contribution in [-0.4, -0.2) is 23.0 Å². The lowest BCUT2D eigenvalue weighted by molar-refractivity contribution is 0.0588. The Kier molecular flexibility index (Phi) is 4.14. The van der Waals surface area contributed by atoms with Crippen LogP contribution in [0.4, 0.5) is 0 Å². The fourth-order valence-corrected chi connectivity index (χ4v) is 0.789. The number of nitrogens with one attached hydrogen (secondary N) is 1. The van der Waals surface area contributed by atoms with Crippen LogP contribution in [0.1, 0.15) is 10.6 Å². The van der Waals surface area contributed by atoms with Crippen LogP contribution in [0.2, 0.25) is 0 Å². The van der Waals surface area contributed by atoms with Crippen molar-refractivity contribution in [1.29, 1.82) is 0 Å². The second kappa shape index (κ2) is 4.35. The molecule has 0 spiro atoms. The number of ether oxygens (including phenoxy) is 1. The molecule has 0 saturated carbocycles. The van der Waals surface area contributed by atoms with Gasteiger partial charge >= 0.3 is 5.97 Å². The molecule has 0 saturated heterocycles. The fraction of sp³-hybridized carbons (Fsp3) is 0.200. The van der Waals surface area contributed by atoms with Gasteiger partial charge in [0.25, 0.3) is 0 Å². The average molecular weight is 241 g/mol. The molecule has 0 bridgehead atoms. The minimum Gasteiger partial charge on any atom is -0.463 e. The predicted octanol–water partition coefficient (Wildman–Crippen LogP) is 1.38. The summed E-state index contributed by atoms with van der Waals surface area (Å²) in [6.45, 7) is 0. The van der Waals surface area contributed by atoms with Crippen molar-refractivity contribution < 1.29 is 9.53 Å². The normalized spacial score (nSPS) is 8.55. The molecule has 6 heteroatoms. The van der Waals surface area contributed by atoms with Gasteiger partial charge in [0.2, 0.25) is 5.82 Å². The van der Waals surface area contributed by atoms with E-state index in [2.05, 4.69) is 30.6 Å². The summed E-state index contributed by atoms with van der Waals surface area (Å²) in [6, 6.07) is 0. The Balaban J connectivity index is 0.000001000. The van der Waals surface area contributed by atoms with Crippen molar-refractivity contribution in [1.82, 2.24) is 9.97 Å². The van der Waals surface area contributed by atoms with Crippen molar-refractivity contribution in [2.24, 2.45) is 0 Å². The van der Waals surface area contributed by atoms with Crippen molar-refractivity contribution in [3.63, 3.8) is 0 Å². The van der Waals surface area contributed by atoms with Crippen molar-refractivity contribution in [3.05, 3.63) is 16.6 Å². The molecule has 0 aliphatic carbocycles. The van der Waals surface area contributed by atoms with Crippen LogP contribution in [0.15, 0.2) is 10.8 Å². The molecule has 1 aromatic rings. The standard InChI is InChI=1S/C5H5BrN2O2.ClH/c1-10-5(9)4-7-2-3(6)8-4;/h2H,1H3,(H,7,8);1H. The average Bonchev–Trinajstić information content (AvgIpc) is 2.34. The van der Waals surface area contributed by atoms with Crippen LogP contribution in [0.25, 0.3) is 0 Å². The zero-order chi connectivity index (χ0) is 7.56. The summed E-state index contributed by atoms with van der Waals surface area (Å²) in [4.78, 5) is 17.1. The highest BCUT2D eigenvalue weighted by Gasteiger charge is 2.07. The van der Waals surface area contributed by atoms with Gasteiger partial charge in [-0.3, -0.25) is 0 Å². The van der Waals surface area contributed by atoms with Crippen LogP contribution < -0.4 is 0 Å². The predicted molar refractivity (Wildman–Crippen MR) is 44.9 cm³/mol. The number of nitrogens with zero attached hydrogens (tertiary/aromatic N) is 1. The number of halogens is 2. The van der Waals surface area contributed by atoms with Gasteiger partial charge < -0.3 is 9.72 Å². The lowest BCUT2D eigenvalue weighted by Crippen LogP contribution is -2.02. The Morgan fingerprint density at radius 1 is 1.82 bits per heavy atom. The van der Waals surface area contributed by atoms with E-state index in [0.717, 1.165) is 0 Å². The number of hydrogen-bond acceptors (Lipinski definition) is 3. The molecule has 0 fully saturated rings. The van der Waals surface area contributed by atoms with E-state index in [0.29, 0.717) is 4.60 Å². The Labute approximate surface area is 77.9 Å². The van der Waals surface area contributed by atoms with Crippen LogP contribution in [0.3, 0.4) is 0 Å². The largest absolute Gasteiger partial charge is 0.463 e. The summed E-state index contributed by atoms with van der Waals surface area (Å²) in [5.41, 5.74) is 0. The molecule has 0 atom stereocenters. The Hall–Kier alpha value is -0.550. The number of methoxy groups -OCH3 is 1. The molecule has 0 radical (unpaired) electrons. The van der Waals surface area contributed by atoms with Gasteiger partial charge in [-0.25, -0.2) is 9.78 Å². The number of aromatic amines is 1. The number of aromatic nitrogens is 2. The minimum absolute atomic E-state index is 0. The maximum atomic E-state index is 10.7. The van der Waals surface area contributed by atoms with Crippen molar-refractivity contribution in [2.75, 3.05) is 7.11 Å². The van der Waals surface area contributed by atoms with Gasteiger partial charge in [-0.2, -0.15) is 0 Å². The molecule has 0 aromatic carbocycles. The molecule has 1 rings (SSSR count). The number of H-pyrrole nitrogens is 1. The second-order valence-electron chi connectivity index (χ2n) is 1.57. The van der Waals surface area contributed by atoms with E-state index in [1.165, 1.54) is 13.3 Å². The number of rotatable bonds is 1. The van der Waals surface area contributed by atoms with Crippen LogP contribution in [0.5, 0.6) is 0 Å². The molecule has 1 N–H and O–H groups in total. The molecule has 0 aliphatic heterocycles. The molecular weight excluding hydrogens is 235 g/mol. The van der Waals surface area contributed by atoms with Gasteiger partial charge in [-0.05, 0) is 15.9 Å². The van der Waals surface area contributed by atoms with E-state index in [-0.39, 0.29) is 18.2 Å². The highest BCUT2D eigenvalue weighted by atomic mass is 79.9. The van der Waals surface area contributed by atoms with Gasteiger partial charge in [-0.15, -0.1) is 12.4 Å². The lowest BCUT2D eigenvalue weighted by atomic mass is 10.6. The highest BCUT2D eigenvalue weighted by molar-refractivity contribution is 9.10. The second-order valence-corrected chi connectivity index (χ2v) is 2.43. The number of hydrogen-bond donors (Lipinski definition) is 1. The third-order valence-corrected chi connectivity index (χ3v) is 1.33. The molecule has 0 aliphatic rings. The Morgan fingerprint density at radius 2 is 2.45 bits per heavy atom. The monoisotopic (exact) mass is 240 g/mol. The molecule has 4 nitrogen and oxygen atoms in total. The third-order valence-electron chi connectivity index (χ3n) is 0.924. The molecular formula is C5H6BrClN2O2. The Bertz CT molecular complexity index is 250. The van der Waals surface area contributed by atoms with Gasteiger partial charge in [0, 0.05) is 0 Å². The van der Waals surface area contributed by atoms with E-state index in [1.54, 1.807) is 0 Å². The maximum Gasteiger partial charge on any atom is 0.374 e. The van der Waals surface area contributed by atoms with Gasteiger partial charge in [0.05, 0.1) is 13.3 Å². The van der Waals surface area contributed by atoms with Crippen molar-refractivity contribution in [2.45, 2.75) is 0 Å². The first kappa shape index (κ1) is 10.4. The maximum absolute atomic E-state index is 10.7. The van der Waals surface area contributed by atoms with E-state index < -0.39 is 5.97 Å². The molecule has 0 unspecified atom stereocenters. The zero-order valence-electron chi connectivity index (χ0n) is 5.63. The third kappa shape index (κ3) is 2.51. The quantitative estimate of drug-likeness (QED) is 0.756. The van der Waals surface area contributed by atoms with Crippen molar-refractivity contribution >= 4 is 34.3 Å². The zero-order valence-corrected chi connectivity index (χ0v) is 8.03. The summed E-state index contributed by atoms with van der Waals surface area (Å²) >= 11 is 3.10. The van der Waals surface area contributed by atoms with Crippen molar-refractivity contribution in [3.8, 4) is 0 Å². The topological polar surface area (TPSA) is 55.0 Å². The van der Waals surface area contributed by atoms with Gasteiger partial charge in [0.15, 0.2) is 0 Å². The van der Waals surface area contributed by atoms with E-state index in [4.69, 9.17) is 0 Å². The molecule has 1 heterocycles. The fourth-order valence-electron chi connectivity index (χ4n) is 0.499. The van der Waals surface area contributed by atoms with Gasteiger partial charge in [0.1, 0.15) is 4.60 Å². The minimum atomic E-state index is -0.467. The summed E-state index contributed by atoms with van der Waals surface area (Å²) < 4.78 is 5.06. The molecule has 62 valence electrons. The first-order valence-corrected chi connectivity index (χ1v) is 3.32. The smallest absolute Gasteiger partial charge is 0.374 e. The number of imidazole rings is 1. The summed E-state index contributed by atoms with van der Waals surface area (Å²) in [6.07, 6.45) is 1.49. The highest BCUT2D eigenvalue weighted by Crippen LogP contribution is 2.04. The summed E-state index contributed by atoms with van der Waals surface area (Å²) in [5, 5.41) is 0. The van der Waals surface area contributed by atoms with Crippen LogP contribution >= 0.6 is 28.3 Å². The molecule has 11 heavy (non-hydrogen) atoms. The number of carbonyl (C=O) groups is 1. The van der Waals surface area contributed by atoms with E-state index in [1.807, 2.05) is 0 Å². The number of carbonyl (C=O) groups excluding carboxylic acids is 1. The van der Waals surface area contributed by atoms with Gasteiger partial charge in [-0.1, -0.05) is 0 Å². The van der Waals surface area contributed by atoms with E-state index in [9.17, 15) is 4.79 Å². The summed E-state index contributed by atoms with van der Waals surface area (Å²) in [5.74, 6) is -0.264. The molecule has 1 aromatic heterocycles. The van der Waals surface area contributed by atoms with E-state index >= 15 is 0 Å². The first-order chi connectivity index (χ1) is 4.74. The lowest BCUT2D eigenvalue weighted by Gasteiger charge is -1.90. The molecule has 0 amide bonds. The Morgan fingerprint density at radius 3 is 2.82 bits per heavy atom.